The highest BCUT2D eigenvalue weighted by molar-refractivity contribution is 7.99. The van der Waals surface area contributed by atoms with E-state index in [0.717, 1.165) is 5.56 Å². The summed E-state index contributed by atoms with van der Waals surface area (Å²) < 4.78 is 1.91. The molecule has 0 saturated carbocycles. The first-order valence-corrected chi connectivity index (χ1v) is 12.4. The third-order valence-corrected chi connectivity index (χ3v) is 6.99. The summed E-state index contributed by atoms with van der Waals surface area (Å²) in [5.41, 5.74) is 2.56. The van der Waals surface area contributed by atoms with Gasteiger partial charge >= 0.3 is 0 Å². The van der Waals surface area contributed by atoms with Gasteiger partial charge in [-0.25, -0.2) is 4.98 Å². The van der Waals surface area contributed by atoms with Gasteiger partial charge in [-0.05, 0) is 26.0 Å². The van der Waals surface area contributed by atoms with Crippen molar-refractivity contribution < 1.29 is 9.72 Å². The normalized spacial score (nSPS) is 10.9. The SMILES string of the molecule is CCn1c(SCC(=O)Nc2nc(-c3ccc(C)c([N+](=O)[O-])c3)cs2)nnc1-c1ccccc1Cl. The van der Waals surface area contributed by atoms with Crippen molar-refractivity contribution >= 4 is 51.4 Å². The quantitative estimate of drug-likeness (QED) is 0.182. The first kappa shape index (κ1) is 23.9. The molecule has 0 unspecified atom stereocenters. The third-order valence-electron chi connectivity index (χ3n) is 4.93. The average molecular weight is 515 g/mol. The number of carbonyl (C=O) groups excluding carboxylic acids is 1. The highest BCUT2D eigenvalue weighted by atomic mass is 35.5. The zero-order chi connectivity index (χ0) is 24.2. The van der Waals surface area contributed by atoms with Crippen LogP contribution in [0.1, 0.15) is 12.5 Å². The molecule has 0 atom stereocenters. The van der Waals surface area contributed by atoms with Crippen LogP contribution < -0.4 is 5.32 Å². The molecule has 0 spiro atoms. The molecule has 0 aliphatic heterocycles. The van der Waals surface area contributed by atoms with Crippen molar-refractivity contribution in [2.24, 2.45) is 0 Å². The van der Waals surface area contributed by atoms with Crippen LogP contribution in [0.5, 0.6) is 0 Å². The minimum absolute atomic E-state index is 0.0312. The van der Waals surface area contributed by atoms with Crippen molar-refractivity contribution in [3.05, 3.63) is 68.5 Å². The fraction of sp³-hybridized carbons (Fsp3) is 0.182. The van der Waals surface area contributed by atoms with E-state index in [4.69, 9.17) is 11.6 Å². The van der Waals surface area contributed by atoms with E-state index in [1.54, 1.807) is 30.5 Å². The van der Waals surface area contributed by atoms with E-state index < -0.39 is 4.92 Å². The summed E-state index contributed by atoms with van der Waals surface area (Å²) in [7, 11) is 0. The Morgan fingerprint density at radius 3 is 2.79 bits per heavy atom. The van der Waals surface area contributed by atoms with Gasteiger partial charge in [0.2, 0.25) is 5.91 Å². The highest BCUT2D eigenvalue weighted by Crippen LogP contribution is 2.31. The molecule has 0 saturated heterocycles. The number of aromatic nitrogens is 4. The Kier molecular flexibility index (Phi) is 7.25. The van der Waals surface area contributed by atoms with Crippen molar-refractivity contribution in [3.63, 3.8) is 0 Å². The van der Waals surface area contributed by atoms with Gasteiger partial charge in [-0.1, -0.05) is 47.6 Å². The lowest BCUT2D eigenvalue weighted by Gasteiger charge is -2.08. The molecular weight excluding hydrogens is 496 g/mol. The number of benzene rings is 2. The van der Waals surface area contributed by atoms with Gasteiger partial charge in [0.25, 0.3) is 5.69 Å². The van der Waals surface area contributed by atoms with Gasteiger partial charge in [-0.2, -0.15) is 0 Å². The van der Waals surface area contributed by atoms with Crippen molar-refractivity contribution in [3.8, 4) is 22.6 Å². The number of nitrogens with one attached hydrogen (secondary N) is 1. The van der Waals surface area contributed by atoms with E-state index in [9.17, 15) is 14.9 Å². The van der Waals surface area contributed by atoms with E-state index in [0.29, 0.717) is 44.5 Å². The Morgan fingerprint density at radius 2 is 2.06 bits per heavy atom. The fourth-order valence-electron chi connectivity index (χ4n) is 3.24. The molecule has 12 heteroatoms. The van der Waals surface area contributed by atoms with Crippen molar-refractivity contribution in [1.82, 2.24) is 19.7 Å². The van der Waals surface area contributed by atoms with Crippen molar-refractivity contribution in [2.45, 2.75) is 25.5 Å². The molecule has 4 rings (SSSR count). The van der Waals surface area contributed by atoms with E-state index in [1.807, 2.05) is 29.7 Å². The predicted molar refractivity (Wildman–Crippen MR) is 134 cm³/mol. The highest BCUT2D eigenvalue weighted by Gasteiger charge is 2.18. The van der Waals surface area contributed by atoms with Gasteiger partial charge in [0.05, 0.1) is 21.4 Å². The second-order valence-electron chi connectivity index (χ2n) is 7.16. The number of aryl methyl sites for hydroxylation is 1. The number of rotatable bonds is 8. The molecule has 0 fully saturated rings. The summed E-state index contributed by atoms with van der Waals surface area (Å²) in [6.07, 6.45) is 0. The Labute approximate surface area is 208 Å². The van der Waals surface area contributed by atoms with Crippen LogP contribution in [0, 0.1) is 17.0 Å². The number of amides is 1. The topological polar surface area (TPSA) is 116 Å². The van der Waals surface area contributed by atoms with E-state index in [1.165, 1.54) is 29.2 Å². The first-order valence-electron chi connectivity index (χ1n) is 10.2. The van der Waals surface area contributed by atoms with Crippen LogP contribution in [0.15, 0.2) is 53.0 Å². The molecule has 4 aromatic rings. The number of thioether (sulfide) groups is 1. The maximum absolute atomic E-state index is 12.5. The van der Waals surface area contributed by atoms with Gasteiger partial charge < -0.3 is 9.88 Å². The van der Waals surface area contributed by atoms with E-state index in [-0.39, 0.29) is 17.3 Å². The zero-order valence-corrected chi connectivity index (χ0v) is 20.6. The number of nitrogens with zero attached hydrogens (tertiary/aromatic N) is 5. The summed E-state index contributed by atoms with van der Waals surface area (Å²) >= 11 is 8.82. The number of nitro benzene ring substituents is 1. The number of thiazole rings is 1. The lowest BCUT2D eigenvalue weighted by molar-refractivity contribution is -0.385. The molecule has 2 aromatic heterocycles. The van der Waals surface area contributed by atoms with Crippen LogP contribution >= 0.6 is 34.7 Å². The molecule has 1 amide bonds. The number of carbonyl (C=O) groups is 1. The Hall–Kier alpha value is -3.28. The predicted octanol–water partition coefficient (Wildman–Crippen LogP) is 5.69. The monoisotopic (exact) mass is 514 g/mol. The van der Waals surface area contributed by atoms with Gasteiger partial charge in [0, 0.05) is 34.7 Å². The molecule has 0 aliphatic rings. The molecule has 0 bridgehead atoms. The largest absolute Gasteiger partial charge is 0.302 e. The molecule has 2 heterocycles. The van der Waals surface area contributed by atoms with Crippen LogP contribution in [0.25, 0.3) is 22.6 Å². The molecular formula is C22H19ClN6O3S2. The number of hydrogen-bond acceptors (Lipinski definition) is 8. The zero-order valence-electron chi connectivity index (χ0n) is 18.2. The van der Waals surface area contributed by atoms with Crippen molar-refractivity contribution in [2.75, 3.05) is 11.1 Å². The summed E-state index contributed by atoms with van der Waals surface area (Å²) in [4.78, 5) is 27.7. The minimum Gasteiger partial charge on any atom is -0.302 e. The number of hydrogen-bond donors (Lipinski definition) is 1. The summed E-state index contributed by atoms with van der Waals surface area (Å²) in [6, 6.07) is 12.3. The Balaban J connectivity index is 1.42. The maximum atomic E-state index is 12.5. The molecule has 174 valence electrons. The molecule has 1 N–H and O–H groups in total. The van der Waals surface area contributed by atoms with E-state index in [2.05, 4.69) is 20.5 Å². The lowest BCUT2D eigenvalue weighted by Crippen LogP contribution is -2.14. The van der Waals surface area contributed by atoms with Gasteiger partial charge in [-0.15, -0.1) is 21.5 Å². The van der Waals surface area contributed by atoms with Crippen LogP contribution in [0.2, 0.25) is 5.02 Å². The smallest absolute Gasteiger partial charge is 0.272 e. The number of anilines is 1. The molecule has 0 radical (unpaired) electrons. The van der Waals surface area contributed by atoms with Gasteiger partial charge in [-0.3, -0.25) is 14.9 Å². The molecule has 9 nitrogen and oxygen atoms in total. The number of halogens is 1. The van der Waals surface area contributed by atoms with E-state index >= 15 is 0 Å². The van der Waals surface area contributed by atoms with Gasteiger partial charge in [0.1, 0.15) is 0 Å². The Bertz CT molecular complexity index is 1370. The Morgan fingerprint density at radius 1 is 1.26 bits per heavy atom. The summed E-state index contributed by atoms with van der Waals surface area (Å²) in [5, 5.41) is 25.8. The number of nitro groups is 1. The summed E-state index contributed by atoms with van der Waals surface area (Å²) in [5.74, 6) is 0.518. The standard InChI is InChI=1S/C22H19ClN6O3S2/c1-3-28-20(15-6-4-5-7-16(15)23)26-27-22(28)34-12-19(30)25-21-24-17(11-33-21)14-9-8-13(2)18(10-14)29(31)32/h4-11H,3,12H2,1-2H3,(H,24,25,30). The average Bonchev–Trinajstić information content (AvgIpc) is 3.45. The van der Waals surface area contributed by atoms with Crippen molar-refractivity contribution in [1.29, 1.82) is 0 Å². The molecule has 2 aromatic carbocycles. The second kappa shape index (κ2) is 10.3. The van der Waals surface area contributed by atoms with Crippen LogP contribution in [-0.4, -0.2) is 36.3 Å². The van der Waals surface area contributed by atoms with Gasteiger partial charge in [0.15, 0.2) is 16.1 Å². The van der Waals surface area contributed by atoms with Crippen LogP contribution in [-0.2, 0) is 11.3 Å². The maximum Gasteiger partial charge on any atom is 0.272 e. The lowest BCUT2D eigenvalue weighted by atomic mass is 10.1. The molecule has 34 heavy (non-hydrogen) atoms. The van der Waals surface area contributed by atoms with Crippen LogP contribution in [0.4, 0.5) is 10.8 Å². The third kappa shape index (κ3) is 5.11. The fourth-order valence-corrected chi connectivity index (χ4v) is 5.00. The minimum atomic E-state index is -0.419. The first-order chi connectivity index (χ1) is 16.4. The molecule has 0 aliphatic carbocycles. The summed E-state index contributed by atoms with van der Waals surface area (Å²) in [6.45, 7) is 4.28. The van der Waals surface area contributed by atoms with Crippen LogP contribution in [0.3, 0.4) is 0 Å². The second-order valence-corrected chi connectivity index (χ2v) is 9.37.